The summed E-state index contributed by atoms with van der Waals surface area (Å²) >= 11 is 6.11. The zero-order valence-electron chi connectivity index (χ0n) is 16.7. The third kappa shape index (κ3) is 4.67. The Morgan fingerprint density at radius 3 is 1.97 bits per heavy atom. The number of nitrogens with zero attached hydrogens (tertiary/aromatic N) is 2. The fourth-order valence-corrected chi connectivity index (χ4v) is 4.33. The first kappa shape index (κ1) is 22.8. The lowest BCUT2D eigenvalue weighted by Crippen LogP contribution is -2.49. The van der Waals surface area contributed by atoms with Crippen LogP contribution in [-0.4, -0.2) is 37.0 Å². The van der Waals surface area contributed by atoms with Crippen molar-refractivity contribution in [2.45, 2.75) is 24.7 Å². The molecule has 0 spiro atoms. The lowest BCUT2D eigenvalue weighted by Gasteiger charge is -2.37. The average Bonchev–Trinajstić information content (AvgIpc) is 3.53. The molecule has 1 aliphatic carbocycles. The Hall–Kier alpha value is -2.42. The molecule has 3 nitrogen and oxygen atoms in total. The summed E-state index contributed by atoms with van der Waals surface area (Å²) in [5, 5.41) is 0.210. The second-order valence-electron chi connectivity index (χ2n) is 8.04. The van der Waals surface area contributed by atoms with Crippen LogP contribution in [0.15, 0.2) is 42.5 Å². The number of carbonyl (C=O) groups is 1. The van der Waals surface area contributed by atoms with Crippen LogP contribution >= 0.6 is 11.6 Å². The van der Waals surface area contributed by atoms with Gasteiger partial charge in [0.15, 0.2) is 0 Å². The summed E-state index contributed by atoms with van der Waals surface area (Å²) in [7, 11) is 0. The Balaban J connectivity index is 1.36. The van der Waals surface area contributed by atoms with Crippen LogP contribution in [0.25, 0.3) is 0 Å². The minimum atomic E-state index is -4.48. The molecule has 1 aliphatic heterocycles. The number of amides is 1. The van der Waals surface area contributed by atoms with Crippen molar-refractivity contribution in [2.24, 2.45) is 5.92 Å². The Kier molecular flexibility index (Phi) is 5.81. The van der Waals surface area contributed by atoms with Gasteiger partial charge in [-0.2, -0.15) is 26.3 Å². The molecule has 2 aromatic carbocycles. The van der Waals surface area contributed by atoms with Gasteiger partial charge in [-0.25, -0.2) is 0 Å². The average molecular weight is 477 g/mol. The van der Waals surface area contributed by atoms with Crippen LogP contribution in [0.2, 0.25) is 5.02 Å². The number of anilines is 1. The van der Waals surface area contributed by atoms with Crippen molar-refractivity contribution in [3.63, 3.8) is 0 Å². The van der Waals surface area contributed by atoms with Gasteiger partial charge in [-0.05, 0) is 48.2 Å². The van der Waals surface area contributed by atoms with Gasteiger partial charge >= 0.3 is 12.4 Å². The lowest BCUT2D eigenvalue weighted by atomic mass is 10.1. The van der Waals surface area contributed by atoms with Crippen LogP contribution < -0.4 is 4.90 Å². The molecule has 2 aliphatic rings. The highest BCUT2D eigenvalue weighted by atomic mass is 35.5. The normalized spacial score (nSPS) is 21.6. The quantitative estimate of drug-likeness (QED) is 0.520. The summed E-state index contributed by atoms with van der Waals surface area (Å²) in [5.41, 5.74) is -0.532. The van der Waals surface area contributed by atoms with E-state index in [9.17, 15) is 31.1 Å². The van der Waals surface area contributed by atoms with Crippen LogP contribution in [0.1, 0.15) is 29.0 Å². The lowest BCUT2D eigenvalue weighted by molar-refractivity contribution is -0.138. The van der Waals surface area contributed by atoms with E-state index >= 15 is 0 Å². The van der Waals surface area contributed by atoms with Crippen LogP contribution in [0.5, 0.6) is 0 Å². The van der Waals surface area contributed by atoms with Gasteiger partial charge in [0.2, 0.25) is 5.91 Å². The van der Waals surface area contributed by atoms with Gasteiger partial charge < -0.3 is 9.80 Å². The zero-order valence-corrected chi connectivity index (χ0v) is 17.4. The third-order valence-electron chi connectivity index (χ3n) is 5.98. The van der Waals surface area contributed by atoms with E-state index in [-0.39, 0.29) is 28.5 Å². The number of rotatable bonds is 3. The molecule has 1 unspecified atom stereocenters. The molecule has 0 N–H and O–H groups in total. The Morgan fingerprint density at radius 1 is 0.844 bits per heavy atom. The summed E-state index contributed by atoms with van der Waals surface area (Å²) in [6.45, 7) is 1.35. The Bertz CT molecular complexity index is 997. The summed E-state index contributed by atoms with van der Waals surface area (Å²) in [4.78, 5) is 16.2. The van der Waals surface area contributed by atoms with Crippen molar-refractivity contribution < 1.29 is 31.1 Å². The van der Waals surface area contributed by atoms with Gasteiger partial charge in [0.1, 0.15) is 0 Å². The standard InChI is InChI=1S/C22H19ClF6N2O/c23-18-6-5-15(22(27,28)29)11-19(18)30-7-9-31(10-8-30)20(32)17-12-16(17)13-1-3-14(4-2-13)21(24,25)26/h1-6,11,16-17H,7-10,12H2/t16-,17?/m0/s1. The maximum atomic E-state index is 13.0. The summed E-state index contributed by atoms with van der Waals surface area (Å²) in [5.74, 6) is -0.471. The molecule has 2 fully saturated rings. The highest BCUT2D eigenvalue weighted by Gasteiger charge is 2.46. The number of carbonyl (C=O) groups excluding carboxylic acids is 1. The van der Waals surface area contributed by atoms with Crippen LogP contribution in [0.4, 0.5) is 32.0 Å². The molecule has 2 atom stereocenters. The molecule has 4 rings (SSSR count). The van der Waals surface area contributed by atoms with Crippen molar-refractivity contribution in [2.75, 3.05) is 31.1 Å². The van der Waals surface area contributed by atoms with Gasteiger partial charge in [0.25, 0.3) is 0 Å². The maximum absolute atomic E-state index is 13.0. The van der Waals surface area contributed by atoms with E-state index in [1.165, 1.54) is 18.2 Å². The van der Waals surface area contributed by atoms with Gasteiger partial charge in [0.05, 0.1) is 21.8 Å². The summed E-state index contributed by atoms with van der Waals surface area (Å²) < 4.78 is 77.2. The van der Waals surface area contributed by atoms with E-state index in [2.05, 4.69) is 0 Å². The molecule has 1 saturated heterocycles. The molecule has 1 heterocycles. The van der Waals surface area contributed by atoms with E-state index < -0.39 is 23.5 Å². The van der Waals surface area contributed by atoms with Crippen LogP contribution in [0, 0.1) is 5.92 Å². The predicted octanol–water partition coefficient (Wildman–Crippen LogP) is 5.83. The monoisotopic (exact) mass is 476 g/mol. The van der Waals surface area contributed by atoms with E-state index in [4.69, 9.17) is 11.6 Å². The van der Waals surface area contributed by atoms with Gasteiger partial charge in [0, 0.05) is 32.1 Å². The maximum Gasteiger partial charge on any atom is 0.416 e. The first-order valence-corrected chi connectivity index (χ1v) is 10.4. The number of alkyl halides is 6. The van der Waals surface area contributed by atoms with E-state index in [0.29, 0.717) is 38.2 Å². The third-order valence-corrected chi connectivity index (χ3v) is 6.30. The molecular weight excluding hydrogens is 458 g/mol. The zero-order chi connectivity index (χ0) is 23.3. The van der Waals surface area contributed by atoms with Gasteiger partial charge in [-0.1, -0.05) is 23.7 Å². The number of halogens is 7. The van der Waals surface area contributed by atoms with Crippen molar-refractivity contribution in [3.05, 3.63) is 64.2 Å². The van der Waals surface area contributed by atoms with Crippen molar-refractivity contribution in [1.82, 2.24) is 4.90 Å². The second-order valence-corrected chi connectivity index (χ2v) is 8.45. The first-order chi connectivity index (χ1) is 14.9. The predicted molar refractivity (Wildman–Crippen MR) is 108 cm³/mol. The highest BCUT2D eigenvalue weighted by Crippen LogP contribution is 2.49. The topological polar surface area (TPSA) is 23.6 Å². The molecule has 1 saturated carbocycles. The largest absolute Gasteiger partial charge is 0.416 e. The second kappa shape index (κ2) is 8.17. The molecule has 0 bridgehead atoms. The number of piperazine rings is 1. The van der Waals surface area contributed by atoms with E-state index in [1.54, 1.807) is 9.80 Å². The first-order valence-electron chi connectivity index (χ1n) is 10.0. The molecule has 1 amide bonds. The molecule has 172 valence electrons. The van der Waals surface area contributed by atoms with Crippen molar-refractivity contribution in [3.8, 4) is 0 Å². The van der Waals surface area contributed by atoms with Gasteiger partial charge in [-0.3, -0.25) is 4.79 Å². The minimum absolute atomic E-state index is 0.0790. The fourth-order valence-electron chi connectivity index (χ4n) is 4.09. The molecular formula is C22H19ClF6N2O. The molecule has 10 heteroatoms. The van der Waals surface area contributed by atoms with Crippen LogP contribution in [-0.2, 0) is 17.1 Å². The van der Waals surface area contributed by atoms with Crippen molar-refractivity contribution in [1.29, 1.82) is 0 Å². The number of benzene rings is 2. The Morgan fingerprint density at radius 2 is 1.41 bits per heavy atom. The van der Waals surface area contributed by atoms with Crippen LogP contribution in [0.3, 0.4) is 0 Å². The van der Waals surface area contributed by atoms with Crippen molar-refractivity contribution >= 4 is 23.2 Å². The molecule has 0 radical (unpaired) electrons. The van der Waals surface area contributed by atoms with E-state index in [0.717, 1.165) is 24.3 Å². The molecule has 2 aromatic rings. The SMILES string of the molecule is O=C(C1C[C@H]1c1ccc(C(F)(F)F)cc1)N1CCN(c2cc(C(F)(F)F)ccc2Cl)CC1. The number of hydrogen-bond acceptors (Lipinski definition) is 2. The smallest absolute Gasteiger partial charge is 0.367 e. The number of hydrogen-bond donors (Lipinski definition) is 0. The van der Waals surface area contributed by atoms with Gasteiger partial charge in [-0.15, -0.1) is 0 Å². The Labute approximate surface area is 185 Å². The van der Waals surface area contributed by atoms with E-state index in [1.807, 2.05) is 0 Å². The summed E-state index contributed by atoms with van der Waals surface area (Å²) in [6.07, 6.45) is -8.31. The molecule has 0 aromatic heterocycles. The molecule has 32 heavy (non-hydrogen) atoms. The minimum Gasteiger partial charge on any atom is -0.367 e. The summed E-state index contributed by atoms with van der Waals surface area (Å²) in [6, 6.07) is 8.03. The fraction of sp³-hybridized carbons (Fsp3) is 0.409. The highest BCUT2D eigenvalue weighted by molar-refractivity contribution is 6.33.